The summed E-state index contributed by atoms with van der Waals surface area (Å²) in [6.07, 6.45) is 82.7. The Bertz CT molecular complexity index is 1590. The van der Waals surface area contributed by atoms with Crippen molar-refractivity contribution >= 4 is 17.9 Å². The Labute approximate surface area is 436 Å². The van der Waals surface area contributed by atoms with Crippen LogP contribution in [0.3, 0.4) is 0 Å². The van der Waals surface area contributed by atoms with Gasteiger partial charge in [0, 0.05) is 19.3 Å². The topological polar surface area (TPSA) is 78.9 Å². The monoisotopic (exact) mass is 979 g/mol. The van der Waals surface area contributed by atoms with Gasteiger partial charge in [-0.3, -0.25) is 14.4 Å². The van der Waals surface area contributed by atoms with Gasteiger partial charge in [0.2, 0.25) is 0 Å². The van der Waals surface area contributed by atoms with Crippen LogP contribution in [-0.2, 0) is 28.6 Å². The summed E-state index contributed by atoms with van der Waals surface area (Å²) in [5, 5.41) is 0. The summed E-state index contributed by atoms with van der Waals surface area (Å²) >= 11 is 0. The lowest BCUT2D eigenvalue weighted by Gasteiger charge is -2.18. The fraction of sp³-hybridized carbons (Fsp3) is 0.585. The normalized spacial score (nSPS) is 13.2. The second kappa shape index (κ2) is 57.9. The van der Waals surface area contributed by atoms with Crippen molar-refractivity contribution in [2.75, 3.05) is 13.2 Å². The maximum atomic E-state index is 12.8. The molecule has 0 bridgehead atoms. The molecule has 0 aromatic carbocycles. The second-order valence-corrected chi connectivity index (χ2v) is 18.1. The summed E-state index contributed by atoms with van der Waals surface area (Å²) in [4.78, 5) is 38.1. The van der Waals surface area contributed by atoms with Crippen LogP contribution in [0, 0.1) is 0 Å². The van der Waals surface area contributed by atoms with Gasteiger partial charge in [0.05, 0.1) is 0 Å². The first-order valence-corrected chi connectivity index (χ1v) is 28.3. The Morgan fingerprint density at radius 3 is 0.944 bits per heavy atom. The highest BCUT2D eigenvalue weighted by Crippen LogP contribution is 2.11. The van der Waals surface area contributed by atoms with E-state index in [1.165, 1.54) is 70.6 Å². The number of carbonyl (C=O) groups is 3. The maximum absolute atomic E-state index is 12.8. The number of carbonyl (C=O) groups excluding carboxylic acids is 3. The highest BCUT2D eigenvalue weighted by Gasteiger charge is 2.19. The van der Waals surface area contributed by atoms with Gasteiger partial charge >= 0.3 is 17.9 Å². The first kappa shape index (κ1) is 66.3. The molecule has 0 aromatic heterocycles. The number of unbranched alkanes of at least 4 members (excludes halogenated alkanes) is 14. The van der Waals surface area contributed by atoms with Crippen molar-refractivity contribution in [2.24, 2.45) is 0 Å². The van der Waals surface area contributed by atoms with E-state index < -0.39 is 12.1 Å². The van der Waals surface area contributed by atoms with Gasteiger partial charge in [0.1, 0.15) is 13.2 Å². The van der Waals surface area contributed by atoms with Crippen molar-refractivity contribution in [2.45, 2.75) is 232 Å². The smallest absolute Gasteiger partial charge is 0.306 e. The lowest BCUT2D eigenvalue weighted by atomic mass is 10.1. The molecule has 0 heterocycles. The molecule has 0 saturated carbocycles. The van der Waals surface area contributed by atoms with Gasteiger partial charge in [-0.25, -0.2) is 0 Å². The second-order valence-electron chi connectivity index (χ2n) is 18.1. The van der Waals surface area contributed by atoms with Crippen molar-refractivity contribution in [3.8, 4) is 0 Å². The van der Waals surface area contributed by atoms with Crippen molar-refractivity contribution in [3.63, 3.8) is 0 Å². The standard InChI is InChI=1S/C65H102O6/c1-4-7-10-13-16-19-22-25-28-31-32-35-37-40-43-46-49-52-55-58-64(67)70-61-62(71-65(68)59-56-53-50-47-44-41-38-34-30-27-24-21-18-15-12-9-6-3)60-69-63(66)57-54-51-48-45-42-39-36-33-29-26-23-20-17-14-11-8-5-2/h7,10,16,18-19,21,25-30,32,35-36,38-41,43,45,47-48,50,62H,4-6,8-9,11-15,17,20,22-24,31,33-34,37,42,44,46,49,51-61H2,1-3H3/b10-7-,19-16-,21-18-,28-25-,29-26-,30-27-,35-32-,39-36-,41-38-,43-40-,48-45-,50-47-/t62-/m0/s1. The van der Waals surface area contributed by atoms with Crippen LogP contribution in [0.1, 0.15) is 226 Å². The molecule has 6 nitrogen and oxygen atoms in total. The van der Waals surface area contributed by atoms with Gasteiger partial charge in [-0.15, -0.1) is 0 Å². The quantitative estimate of drug-likeness (QED) is 0.0262. The predicted octanol–water partition coefficient (Wildman–Crippen LogP) is 19.2. The van der Waals surface area contributed by atoms with Crippen molar-refractivity contribution < 1.29 is 28.6 Å². The van der Waals surface area contributed by atoms with Crippen LogP contribution in [0.15, 0.2) is 146 Å². The molecule has 6 heteroatoms. The third-order valence-corrected chi connectivity index (χ3v) is 11.3. The number of hydrogen-bond acceptors (Lipinski definition) is 6. The van der Waals surface area contributed by atoms with Gasteiger partial charge in [-0.05, 0) is 135 Å². The highest BCUT2D eigenvalue weighted by atomic mass is 16.6. The summed E-state index contributed by atoms with van der Waals surface area (Å²) in [5.41, 5.74) is 0. The van der Waals surface area contributed by atoms with E-state index in [4.69, 9.17) is 14.2 Å². The van der Waals surface area contributed by atoms with Crippen molar-refractivity contribution in [1.29, 1.82) is 0 Å². The summed E-state index contributed by atoms with van der Waals surface area (Å²) < 4.78 is 16.7. The number of allylic oxidation sites excluding steroid dienone is 24. The molecule has 0 saturated heterocycles. The van der Waals surface area contributed by atoms with E-state index in [0.29, 0.717) is 19.3 Å². The minimum atomic E-state index is -0.848. The van der Waals surface area contributed by atoms with Crippen LogP contribution in [0.2, 0.25) is 0 Å². The average Bonchev–Trinajstić information content (AvgIpc) is 3.37. The number of esters is 3. The number of rotatable bonds is 49. The zero-order valence-electron chi connectivity index (χ0n) is 45.4. The van der Waals surface area contributed by atoms with Gasteiger partial charge in [0.15, 0.2) is 6.10 Å². The Morgan fingerprint density at radius 2 is 0.563 bits per heavy atom. The molecule has 0 radical (unpaired) electrons. The van der Waals surface area contributed by atoms with Gasteiger partial charge in [-0.2, -0.15) is 0 Å². The van der Waals surface area contributed by atoms with Crippen LogP contribution < -0.4 is 0 Å². The molecule has 0 rings (SSSR count). The third kappa shape index (κ3) is 56.1. The molecule has 0 aliphatic carbocycles. The molecule has 1 atom stereocenters. The first-order valence-electron chi connectivity index (χ1n) is 28.3. The van der Waals surface area contributed by atoms with Crippen molar-refractivity contribution in [3.05, 3.63) is 146 Å². The van der Waals surface area contributed by atoms with E-state index in [1.54, 1.807) is 0 Å². The molecule has 0 unspecified atom stereocenters. The zero-order valence-corrected chi connectivity index (χ0v) is 45.4. The van der Waals surface area contributed by atoms with E-state index in [1.807, 2.05) is 0 Å². The molecule has 71 heavy (non-hydrogen) atoms. The zero-order chi connectivity index (χ0) is 51.4. The Balaban J connectivity index is 4.64. The summed E-state index contributed by atoms with van der Waals surface area (Å²) in [6, 6.07) is 0. The SMILES string of the molecule is CC/C=C\C/C=C\C/C=C\C/C=C\C/C=C\CCCCCC(=O)OC[C@H](COC(=O)CCC/C=C\C/C=C\C/C=C\CCCCCCCC)OC(=O)CCC/C=C\C/C=C\C/C=C\C/C=C\CCCCC. The van der Waals surface area contributed by atoms with Crippen LogP contribution in [0.25, 0.3) is 0 Å². The minimum Gasteiger partial charge on any atom is -0.462 e. The fourth-order valence-corrected chi connectivity index (χ4v) is 7.06. The third-order valence-electron chi connectivity index (χ3n) is 11.3. The lowest BCUT2D eigenvalue weighted by Crippen LogP contribution is -2.30. The van der Waals surface area contributed by atoms with E-state index in [-0.39, 0.29) is 38.0 Å². The molecule has 398 valence electrons. The Morgan fingerprint density at radius 1 is 0.296 bits per heavy atom. The van der Waals surface area contributed by atoms with Crippen LogP contribution in [-0.4, -0.2) is 37.2 Å². The minimum absolute atomic E-state index is 0.139. The highest BCUT2D eigenvalue weighted by molar-refractivity contribution is 5.71. The maximum Gasteiger partial charge on any atom is 0.306 e. The molecule has 0 aliphatic heterocycles. The lowest BCUT2D eigenvalue weighted by molar-refractivity contribution is -0.167. The first-order chi connectivity index (χ1) is 35.0. The van der Waals surface area contributed by atoms with E-state index in [9.17, 15) is 14.4 Å². The summed E-state index contributed by atoms with van der Waals surface area (Å²) in [5.74, 6) is -1.09. The summed E-state index contributed by atoms with van der Waals surface area (Å²) in [6.45, 7) is 6.36. The molecule has 0 aliphatic rings. The molecule has 0 N–H and O–H groups in total. The van der Waals surface area contributed by atoms with Gasteiger partial charge < -0.3 is 14.2 Å². The van der Waals surface area contributed by atoms with E-state index in [0.717, 1.165) is 103 Å². The largest absolute Gasteiger partial charge is 0.462 e. The molecule has 0 fully saturated rings. The van der Waals surface area contributed by atoms with Crippen LogP contribution in [0.5, 0.6) is 0 Å². The Kier molecular flexibility index (Phi) is 54.0. The molecule has 0 amide bonds. The van der Waals surface area contributed by atoms with Gasteiger partial charge in [0.25, 0.3) is 0 Å². The van der Waals surface area contributed by atoms with Crippen molar-refractivity contribution in [1.82, 2.24) is 0 Å². The summed E-state index contributed by atoms with van der Waals surface area (Å²) in [7, 11) is 0. The van der Waals surface area contributed by atoms with E-state index in [2.05, 4.69) is 167 Å². The average molecular weight is 980 g/mol. The fourth-order valence-electron chi connectivity index (χ4n) is 7.06. The van der Waals surface area contributed by atoms with Gasteiger partial charge in [-0.1, -0.05) is 218 Å². The van der Waals surface area contributed by atoms with E-state index >= 15 is 0 Å². The Hall–Kier alpha value is -4.71. The number of ether oxygens (including phenoxy) is 3. The van der Waals surface area contributed by atoms with Crippen LogP contribution in [0.4, 0.5) is 0 Å². The van der Waals surface area contributed by atoms with Crippen LogP contribution >= 0.6 is 0 Å². The predicted molar refractivity (Wildman–Crippen MR) is 306 cm³/mol. The molecular weight excluding hydrogens is 877 g/mol. The molecular formula is C65H102O6. The molecule has 0 spiro atoms. The molecule has 0 aromatic rings. The number of hydrogen-bond donors (Lipinski definition) is 0.